The summed E-state index contributed by atoms with van der Waals surface area (Å²) < 4.78 is 0. The Kier molecular flexibility index (Phi) is 4.65. The van der Waals surface area contributed by atoms with Crippen molar-refractivity contribution in [2.24, 2.45) is 5.73 Å². The van der Waals surface area contributed by atoms with Crippen LogP contribution in [0, 0.1) is 0 Å². The minimum atomic E-state index is 0.159. The van der Waals surface area contributed by atoms with E-state index in [1.165, 1.54) is 43.4 Å². The van der Waals surface area contributed by atoms with E-state index in [4.69, 9.17) is 5.73 Å². The van der Waals surface area contributed by atoms with Gasteiger partial charge in [0, 0.05) is 24.8 Å². The van der Waals surface area contributed by atoms with Crippen LogP contribution in [-0.2, 0) is 0 Å². The normalized spacial score (nSPS) is 18.6. The maximum Gasteiger partial charge on any atom is 0.0414 e. The summed E-state index contributed by atoms with van der Waals surface area (Å²) in [5.74, 6) is 0. The van der Waals surface area contributed by atoms with E-state index in [9.17, 15) is 0 Å². The van der Waals surface area contributed by atoms with Crippen molar-refractivity contribution in [1.82, 2.24) is 0 Å². The number of benzene rings is 1. The van der Waals surface area contributed by atoms with Gasteiger partial charge in [0.1, 0.15) is 0 Å². The molecule has 0 spiro atoms. The summed E-state index contributed by atoms with van der Waals surface area (Å²) in [6.07, 6.45) is 7.79. The van der Waals surface area contributed by atoms with Gasteiger partial charge in [-0.05, 0) is 30.9 Å². The molecule has 1 aliphatic carbocycles. The van der Waals surface area contributed by atoms with Gasteiger partial charge in [0.2, 0.25) is 0 Å². The van der Waals surface area contributed by atoms with Crippen LogP contribution in [0.5, 0.6) is 0 Å². The molecule has 0 unspecified atom stereocenters. The smallest absolute Gasteiger partial charge is 0.0414 e. The van der Waals surface area contributed by atoms with E-state index in [0.29, 0.717) is 6.04 Å². The molecule has 2 nitrogen and oxygen atoms in total. The first-order chi connectivity index (χ1) is 8.74. The van der Waals surface area contributed by atoms with Crippen molar-refractivity contribution in [3.05, 3.63) is 29.8 Å². The standard InChI is InChI=1S/C16H26N2/c1-3-15(17)14-11-7-8-12-16(14)18(2)13-9-5-4-6-10-13/h7-8,11-13,15H,3-6,9-10,17H2,1-2H3/t15-/m0/s1. The lowest BCUT2D eigenvalue weighted by Gasteiger charge is -2.35. The maximum atomic E-state index is 6.24. The van der Waals surface area contributed by atoms with Gasteiger partial charge in [-0.15, -0.1) is 0 Å². The van der Waals surface area contributed by atoms with E-state index in [-0.39, 0.29) is 6.04 Å². The van der Waals surface area contributed by atoms with Gasteiger partial charge in [0.15, 0.2) is 0 Å². The maximum absolute atomic E-state index is 6.24. The van der Waals surface area contributed by atoms with Gasteiger partial charge >= 0.3 is 0 Å². The van der Waals surface area contributed by atoms with Gasteiger partial charge in [-0.1, -0.05) is 44.4 Å². The van der Waals surface area contributed by atoms with Crippen molar-refractivity contribution >= 4 is 5.69 Å². The van der Waals surface area contributed by atoms with Gasteiger partial charge < -0.3 is 10.6 Å². The second-order valence-corrected chi connectivity index (χ2v) is 5.48. The number of anilines is 1. The molecule has 0 bridgehead atoms. The first-order valence-corrected chi connectivity index (χ1v) is 7.31. The first-order valence-electron chi connectivity index (χ1n) is 7.31. The highest BCUT2D eigenvalue weighted by Crippen LogP contribution is 2.31. The molecule has 0 amide bonds. The van der Waals surface area contributed by atoms with Crippen LogP contribution < -0.4 is 10.6 Å². The van der Waals surface area contributed by atoms with E-state index in [1.54, 1.807) is 0 Å². The molecule has 1 fully saturated rings. The van der Waals surface area contributed by atoms with Gasteiger partial charge in [-0.2, -0.15) is 0 Å². The van der Waals surface area contributed by atoms with Crippen LogP contribution in [0.2, 0.25) is 0 Å². The molecule has 0 aliphatic heterocycles. The molecular weight excluding hydrogens is 220 g/mol. The number of hydrogen-bond acceptors (Lipinski definition) is 2. The molecule has 2 N–H and O–H groups in total. The molecule has 2 rings (SSSR count). The lowest BCUT2D eigenvalue weighted by atomic mass is 9.93. The Hall–Kier alpha value is -1.02. The van der Waals surface area contributed by atoms with E-state index >= 15 is 0 Å². The Morgan fingerprint density at radius 2 is 1.89 bits per heavy atom. The Bertz CT molecular complexity index is 369. The lowest BCUT2D eigenvalue weighted by molar-refractivity contribution is 0.426. The molecule has 2 heteroatoms. The average Bonchev–Trinajstić information content (AvgIpc) is 2.46. The summed E-state index contributed by atoms with van der Waals surface area (Å²) >= 11 is 0. The molecule has 18 heavy (non-hydrogen) atoms. The van der Waals surface area contributed by atoms with Crippen molar-refractivity contribution < 1.29 is 0 Å². The van der Waals surface area contributed by atoms with E-state index in [1.807, 2.05) is 0 Å². The zero-order chi connectivity index (χ0) is 13.0. The van der Waals surface area contributed by atoms with Crippen molar-refractivity contribution in [2.75, 3.05) is 11.9 Å². The number of hydrogen-bond donors (Lipinski definition) is 1. The summed E-state index contributed by atoms with van der Waals surface area (Å²) in [6, 6.07) is 9.49. The van der Waals surface area contributed by atoms with Crippen molar-refractivity contribution in [3.63, 3.8) is 0 Å². The fourth-order valence-corrected chi connectivity index (χ4v) is 3.01. The third-order valence-electron chi connectivity index (χ3n) is 4.28. The van der Waals surface area contributed by atoms with E-state index < -0.39 is 0 Å². The van der Waals surface area contributed by atoms with Crippen LogP contribution in [-0.4, -0.2) is 13.1 Å². The summed E-state index contributed by atoms with van der Waals surface area (Å²) in [7, 11) is 2.23. The molecule has 0 aromatic heterocycles. The molecule has 1 aromatic carbocycles. The van der Waals surface area contributed by atoms with Crippen LogP contribution in [0.15, 0.2) is 24.3 Å². The third kappa shape index (κ3) is 2.86. The van der Waals surface area contributed by atoms with Gasteiger partial charge in [0.25, 0.3) is 0 Å². The monoisotopic (exact) mass is 246 g/mol. The molecule has 0 heterocycles. The lowest BCUT2D eigenvalue weighted by Crippen LogP contribution is -2.34. The number of nitrogens with two attached hydrogens (primary N) is 1. The fourth-order valence-electron chi connectivity index (χ4n) is 3.01. The zero-order valence-electron chi connectivity index (χ0n) is 11.7. The second-order valence-electron chi connectivity index (χ2n) is 5.48. The zero-order valence-corrected chi connectivity index (χ0v) is 11.7. The molecule has 1 saturated carbocycles. The summed E-state index contributed by atoms with van der Waals surface area (Å²) in [5.41, 5.74) is 8.87. The van der Waals surface area contributed by atoms with E-state index in [2.05, 4.69) is 43.1 Å². The minimum absolute atomic E-state index is 0.159. The molecule has 1 aliphatic rings. The molecule has 1 aromatic rings. The van der Waals surface area contributed by atoms with Gasteiger partial charge in [0.05, 0.1) is 0 Å². The average molecular weight is 246 g/mol. The third-order valence-corrected chi connectivity index (χ3v) is 4.28. The highest BCUT2D eigenvalue weighted by molar-refractivity contribution is 5.55. The van der Waals surface area contributed by atoms with Crippen LogP contribution in [0.4, 0.5) is 5.69 Å². The SMILES string of the molecule is CC[C@H](N)c1ccccc1N(C)C1CCCCC1. The van der Waals surface area contributed by atoms with Crippen molar-refractivity contribution in [3.8, 4) is 0 Å². The van der Waals surface area contributed by atoms with Crippen molar-refractivity contribution in [1.29, 1.82) is 0 Å². The molecule has 100 valence electrons. The molecule has 0 radical (unpaired) electrons. The minimum Gasteiger partial charge on any atom is -0.371 e. The highest BCUT2D eigenvalue weighted by Gasteiger charge is 2.21. The summed E-state index contributed by atoms with van der Waals surface area (Å²) in [6.45, 7) is 2.15. The summed E-state index contributed by atoms with van der Waals surface area (Å²) in [4.78, 5) is 2.46. The molecular formula is C16H26N2. The Morgan fingerprint density at radius 1 is 1.22 bits per heavy atom. The van der Waals surface area contributed by atoms with Crippen LogP contribution in [0.3, 0.4) is 0 Å². The van der Waals surface area contributed by atoms with Gasteiger partial charge in [-0.3, -0.25) is 0 Å². The van der Waals surface area contributed by atoms with Crippen LogP contribution >= 0.6 is 0 Å². The van der Waals surface area contributed by atoms with Crippen LogP contribution in [0.25, 0.3) is 0 Å². The number of nitrogens with zero attached hydrogens (tertiary/aromatic N) is 1. The van der Waals surface area contributed by atoms with Crippen molar-refractivity contribution in [2.45, 2.75) is 57.5 Å². The largest absolute Gasteiger partial charge is 0.371 e. The number of rotatable bonds is 4. The highest BCUT2D eigenvalue weighted by atomic mass is 15.1. The van der Waals surface area contributed by atoms with E-state index in [0.717, 1.165) is 6.42 Å². The topological polar surface area (TPSA) is 29.3 Å². The quantitative estimate of drug-likeness (QED) is 0.874. The second kappa shape index (κ2) is 6.24. The number of para-hydroxylation sites is 1. The first kappa shape index (κ1) is 13.4. The van der Waals surface area contributed by atoms with Gasteiger partial charge in [-0.25, -0.2) is 0 Å². The fraction of sp³-hybridized carbons (Fsp3) is 0.625. The summed E-state index contributed by atoms with van der Waals surface area (Å²) in [5, 5.41) is 0. The Morgan fingerprint density at radius 3 is 2.56 bits per heavy atom. The Labute approximate surface area is 111 Å². The predicted octanol–water partition coefficient (Wildman–Crippen LogP) is 3.87. The van der Waals surface area contributed by atoms with Crippen LogP contribution in [0.1, 0.15) is 57.1 Å². The molecule has 1 atom stereocenters. The molecule has 0 saturated heterocycles. The Balaban J connectivity index is 2.20. The predicted molar refractivity (Wildman–Crippen MR) is 78.9 cm³/mol.